The van der Waals surface area contributed by atoms with Crippen LogP contribution in [0.2, 0.25) is 0 Å². The average molecular weight is 422 g/mol. The minimum Gasteiger partial charge on any atom is -0.368 e. The van der Waals surface area contributed by atoms with E-state index in [0.29, 0.717) is 10.7 Å². The third kappa shape index (κ3) is 5.27. The fourth-order valence-corrected chi connectivity index (χ4v) is 3.49. The molecule has 0 radical (unpaired) electrons. The molecule has 0 saturated heterocycles. The Bertz CT molecular complexity index is 1040. The number of carbonyl (C=O) groups is 1. The standard InChI is InChI=1S/C18H17F3N6OS/c1-9-4-10(13-8-25-15(29-13)7-12(22)16(23)28)6-11(5-9)26-17-24-3-2-14(27-17)18(19,20)21/h2-6,8,12H,7,22H2,1H3,(H2,23,28)(H,24,26,27). The quantitative estimate of drug-likeness (QED) is 0.562. The average Bonchev–Trinajstić information content (AvgIpc) is 3.09. The van der Waals surface area contributed by atoms with Gasteiger partial charge < -0.3 is 16.8 Å². The van der Waals surface area contributed by atoms with E-state index in [2.05, 4.69) is 20.3 Å². The van der Waals surface area contributed by atoms with Gasteiger partial charge in [0.25, 0.3) is 0 Å². The van der Waals surface area contributed by atoms with Gasteiger partial charge in [-0.05, 0) is 36.2 Å². The monoisotopic (exact) mass is 422 g/mol. The first-order valence-corrected chi connectivity index (χ1v) is 9.22. The summed E-state index contributed by atoms with van der Waals surface area (Å²) in [6, 6.07) is 5.41. The number of nitrogens with zero attached hydrogens (tertiary/aromatic N) is 3. The fraction of sp³-hybridized carbons (Fsp3) is 0.222. The Hall–Kier alpha value is -3.05. The zero-order valence-electron chi connectivity index (χ0n) is 15.2. The van der Waals surface area contributed by atoms with E-state index in [0.717, 1.165) is 28.3 Å². The molecular weight excluding hydrogens is 405 g/mol. The molecule has 0 aliphatic carbocycles. The lowest BCUT2D eigenvalue weighted by Crippen LogP contribution is -2.38. The molecule has 0 bridgehead atoms. The molecule has 1 aromatic carbocycles. The largest absolute Gasteiger partial charge is 0.433 e. The summed E-state index contributed by atoms with van der Waals surface area (Å²) in [5.41, 5.74) is 12.0. The van der Waals surface area contributed by atoms with E-state index < -0.39 is 23.8 Å². The molecule has 29 heavy (non-hydrogen) atoms. The Morgan fingerprint density at radius 2 is 2.03 bits per heavy atom. The number of nitrogens with two attached hydrogens (primary N) is 2. The number of thiazole rings is 1. The van der Waals surface area contributed by atoms with Crippen LogP contribution in [0.4, 0.5) is 24.8 Å². The number of aromatic nitrogens is 3. The third-order valence-electron chi connectivity index (χ3n) is 3.88. The van der Waals surface area contributed by atoms with E-state index in [1.165, 1.54) is 11.3 Å². The zero-order valence-corrected chi connectivity index (χ0v) is 16.0. The van der Waals surface area contributed by atoms with E-state index in [1.807, 2.05) is 13.0 Å². The van der Waals surface area contributed by atoms with Crippen molar-refractivity contribution in [3.05, 3.63) is 52.9 Å². The molecule has 152 valence electrons. The van der Waals surface area contributed by atoms with Gasteiger partial charge in [-0.25, -0.2) is 15.0 Å². The molecule has 7 nitrogen and oxygen atoms in total. The molecule has 2 heterocycles. The number of carbonyl (C=O) groups excluding carboxylic acids is 1. The number of benzene rings is 1. The highest BCUT2D eigenvalue weighted by Crippen LogP contribution is 2.31. The summed E-state index contributed by atoms with van der Waals surface area (Å²) >= 11 is 1.35. The summed E-state index contributed by atoms with van der Waals surface area (Å²) < 4.78 is 38.5. The number of rotatable bonds is 6. The molecule has 0 aliphatic heterocycles. The lowest BCUT2D eigenvalue weighted by Gasteiger charge is -2.10. The first-order chi connectivity index (χ1) is 13.6. The number of anilines is 2. The Morgan fingerprint density at radius 3 is 2.72 bits per heavy atom. The van der Waals surface area contributed by atoms with Crippen molar-refractivity contribution in [3.8, 4) is 10.4 Å². The normalized spacial score (nSPS) is 12.6. The Balaban J connectivity index is 1.84. The number of amides is 1. The Kier molecular flexibility index (Phi) is 5.80. The first-order valence-electron chi connectivity index (χ1n) is 8.41. The minimum absolute atomic E-state index is 0.159. The highest BCUT2D eigenvalue weighted by molar-refractivity contribution is 7.15. The van der Waals surface area contributed by atoms with Gasteiger partial charge in [0.2, 0.25) is 11.9 Å². The van der Waals surface area contributed by atoms with E-state index in [4.69, 9.17) is 11.5 Å². The number of alkyl halides is 3. The van der Waals surface area contributed by atoms with Crippen molar-refractivity contribution in [3.63, 3.8) is 0 Å². The predicted molar refractivity (Wildman–Crippen MR) is 103 cm³/mol. The van der Waals surface area contributed by atoms with Crippen LogP contribution < -0.4 is 16.8 Å². The minimum atomic E-state index is -4.55. The molecule has 0 spiro atoms. The van der Waals surface area contributed by atoms with E-state index in [1.54, 1.807) is 18.3 Å². The molecule has 3 aromatic rings. The zero-order chi connectivity index (χ0) is 21.2. The second kappa shape index (κ2) is 8.13. The van der Waals surface area contributed by atoms with Gasteiger partial charge in [-0.2, -0.15) is 13.2 Å². The van der Waals surface area contributed by atoms with Crippen LogP contribution >= 0.6 is 11.3 Å². The molecule has 1 unspecified atom stereocenters. The first kappa shape index (κ1) is 20.7. The Labute approximate surface area is 168 Å². The maximum absolute atomic E-state index is 12.8. The number of primary amides is 1. The van der Waals surface area contributed by atoms with Crippen molar-refractivity contribution in [2.24, 2.45) is 11.5 Å². The molecule has 1 amide bonds. The molecule has 0 fully saturated rings. The highest BCUT2D eigenvalue weighted by atomic mass is 32.1. The van der Waals surface area contributed by atoms with Crippen molar-refractivity contribution in [2.75, 3.05) is 5.32 Å². The van der Waals surface area contributed by atoms with Gasteiger partial charge in [-0.1, -0.05) is 6.07 Å². The van der Waals surface area contributed by atoms with Crippen LogP contribution in [0.15, 0.2) is 36.7 Å². The van der Waals surface area contributed by atoms with Crippen LogP contribution in [0.3, 0.4) is 0 Å². The lowest BCUT2D eigenvalue weighted by atomic mass is 10.1. The van der Waals surface area contributed by atoms with Gasteiger partial charge in [0.1, 0.15) is 5.69 Å². The van der Waals surface area contributed by atoms with Gasteiger partial charge in [0.05, 0.1) is 15.9 Å². The van der Waals surface area contributed by atoms with Crippen LogP contribution in [-0.4, -0.2) is 26.9 Å². The van der Waals surface area contributed by atoms with Crippen LogP contribution in [-0.2, 0) is 17.4 Å². The maximum atomic E-state index is 12.8. The number of hydrogen-bond acceptors (Lipinski definition) is 7. The lowest BCUT2D eigenvalue weighted by molar-refractivity contribution is -0.141. The predicted octanol–water partition coefficient (Wildman–Crippen LogP) is 3.03. The van der Waals surface area contributed by atoms with Crippen LogP contribution in [0, 0.1) is 6.92 Å². The summed E-state index contributed by atoms with van der Waals surface area (Å²) in [6.45, 7) is 1.85. The summed E-state index contributed by atoms with van der Waals surface area (Å²) in [5.74, 6) is -0.765. The van der Waals surface area contributed by atoms with Gasteiger partial charge in [0.15, 0.2) is 0 Å². The number of aryl methyl sites for hydroxylation is 1. The molecule has 2 aromatic heterocycles. The summed E-state index contributed by atoms with van der Waals surface area (Å²) in [4.78, 5) is 23.5. The van der Waals surface area contributed by atoms with E-state index in [-0.39, 0.29) is 12.4 Å². The van der Waals surface area contributed by atoms with E-state index in [9.17, 15) is 18.0 Å². The second-order valence-electron chi connectivity index (χ2n) is 6.31. The summed E-state index contributed by atoms with van der Waals surface area (Å²) in [6.07, 6.45) is -1.63. The van der Waals surface area contributed by atoms with Crippen LogP contribution in [0.5, 0.6) is 0 Å². The summed E-state index contributed by atoms with van der Waals surface area (Å²) in [5, 5.41) is 3.46. The Morgan fingerprint density at radius 1 is 1.28 bits per heavy atom. The van der Waals surface area contributed by atoms with Crippen molar-refractivity contribution in [2.45, 2.75) is 25.6 Å². The molecule has 0 aliphatic rings. The van der Waals surface area contributed by atoms with Crippen molar-refractivity contribution in [1.29, 1.82) is 0 Å². The molecule has 1 atom stereocenters. The molecule has 3 rings (SSSR count). The molecule has 11 heteroatoms. The van der Waals surface area contributed by atoms with Crippen molar-refractivity contribution in [1.82, 2.24) is 15.0 Å². The molecule has 0 saturated carbocycles. The smallest absolute Gasteiger partial charge is 0.368 e. The highest BCUT2D eigenvalue weighted by Gasteiger charge is 2.32. The molecule has 5 N–H and O–H groups in total. The number of halogens is 3. The van der Waals surface area contributed by atoms with Gasteiger partial charge in [-0.3, -0.25) is 4.79 Å². The van der Waals surface area contributed by atoms with Crippen LogP contribution in [0.25, 0.3) is 10.4 Å². The van der Waals surface area contributed by atoms with Gasteiger partial charge in [-0.15, -0.1) is 11.3 Å². The third-order valence-corrected chi connectivity index (χ3v) is 4.95. The second-order valence-corrected chi connectivity index (χ2v) is 7.42. The van der Waals surface area contributed by atoms with Crippen molar-refractivity contribution >= 4 is 28.9 Å². The van der Waals surface area contributed by atoms with Gasteiger partial charge >= 0.3 is 6.18 Å². The molecular formula is C18H17F3N6OS. The van der Waals surface area contributed by atoms with E-state index >= 15 is 0 Å². The maximum Gasteiger partial charge on any atom is 0.433 e. The van der Waals surface area contributed by atoms with Gasteiger partial charge in [0, 0.05) is 24.5 Å². The topological polar surface area (TPSA) is 120 Å². The number of nitrogens with one attached hydrogen (secondary N) is 1. The summed E-state index contributed by atoms with van der Waals surface area (Å²) in [7, 11) is 0. The SMILES string of the molecule is Cc1cc(Nc2nccc(C(F)(F)F)n2)cc(-c2cnc(CC(N)C(N)=O)s2)c1. The fourth-order valence-electron chi connectivity index (χ4n) is 2.53. The van der Waals surface area contributed by atoms with Crippen molar-refractivity contribution < 1.29 is 18.0 Å². The number of hydrogen-bond donors (Lipinski definition) is 3. The van der Waals surface area contributed by atoms with Crippen LogP contribution in [0.1, 0.15) is 16.3 Å².